The lowest BCUT2D eigenvalue weighted by atomic mass is 9.99. The maximum atomic E-state index is 13.6. The number of rotatable bonds is 3. The van der Waals surface area contributed by atoms with E-state index in [0.717, 1.165) is 40.6 Å². The van der Waals surface area contributed by atoms with Gasteiger partial charge in [-0.3, -0.25) is 9.59 Å². The van der Waals surface area contributed by atoms with Crippen LogP contribution < -0.4 is 0 Å². The first kappa shape index (κ1) is 21.6. The van der Waals surface area contributed by atoms with Crippen LogP contribution in [0.1, 0.15) is 34.3 Å². The number of aromatic nitrogens is 1. The number of hydrogen-bond donors (Lipinski definition) is 0. The molecule has 0 bridgehead atoms. The van der Waals surface area contributed by atoms with Gasteiger partial charge < -0.3 is 14.5 Å². The smallest absolute Gasteiger partial charge is 0.254 e. The summed E-state index contributed by atoms with van der Waals surface area (Å²) < 4.78 is 5.55. The van der Waals surface area contributed by atoms with Crippen LogP contribution in [0.15, 0.2) is 48.5 Å². The maximum absolute atomic E-state index is 13.6. The fourth-order valence-corrected chi connectivity index (χ4v) is 4.87. The molecule has 2 fully saturated rings. The van der Waals surface area contributed by atoms with Gasteiger partial charge in [0.25, 0.3) is 11.8 Å². The van der Waals surface area contributed by atoms with Gasteiger partial charge in [0.05, 0.1) is 16.8 Å². The Kier molecular flexibility index (Phi) is 5.85. The van der Waals surface area contributed by atoms with Gasteiger partial charge in [-0.25, -0.2) is 4.98 Å². The molecule has 3 aromatic rings. The van der Waals surface area contributed by atoms with Crippen LogP contribution in [0, 0.1) is 13.8 Å². The Morgan fingerprint density at radius 2 is 1.73 bits per heavy atom. The molecule has 0 spiro atoms. The van der Waals surface area contributed by atoms with Crippen molar-refractivity contribution in [2.75, 3.05) is 32.8 Å². The number of amides is 2. The molecule has 6 heteroatoms. The van der Waals surface area contributed by atoms with E-state index in [4.69, 9.17) is 9.72 Å². The molecule has 5 rings (SSSR count). The zero-order valence-electron chi connectivity index (χ0n) is 19.2. The Labute approximate surface area is 194 Å². The number of benzene rings is 2. The fourth-order valence-electron chi connectivity index (χ4n) is 4.87. The van der Waals surface area contributed by atoms with Crippen LogP contribution in [0.3, 0.4) is 0 Å². The second kappa shape index (κ2) is 8.94. The molecule has 0 saturated carbocycles. The van der Waals surface area contributed by atoms with Crippen molar-refractivity contribution in [1.29, 1.82) is 0 Å². The van der Waals surface area contributed by atoms with Gasteiger partial charge >= 0.3 is 0 Å². The molecule has 2 amide bonds. The number of piperazine rings is 1. The molecule has 1 unspecified atom stereocenters. The first-order chi connectivity index (χ1) is 16.0. The molecule has 0 aliphatic carbocycles. The third kappa shape index (κ3) is 4.23. The molecule has 3 heterocycles. The van der Waals surface area contributed by atoms with Crippen LogP contribution in [-0.2, 0) is 9.53 Å². The van der Waals surface area contributed by atoms with E-state index in [1.807, 2.05) is 40.1 Å². The van der Waals surface area contributed by atoms with Gasteiger partial charge in [-0.2, -0.15) is 0 Å². The number of carbonyl (C=O) groups excluding carboxylic acids is 2. The number of nitrogens with zero attached hydrogens (tertiary/aromatic N) is 3. The number of carbonyl (C=O) groups is 2. The lowest BCUT2D eigenvalue weighted by molar-refractivity contribution is -0.142. The van der Waals surface area contributed by atoms with E-state index < -0.39 is 0 Å². The number of ether oxygens (including phenoxy) is 1. The normalized spacial score (nSPS) is 18.7. The Bertz CT molecular complexity index is 1210. The van der Waals surface area contributed by atoms with Gasteiger partial charge in [0.1, 0.15) is 6.10 Å². The van der Waals surface area contributed by atoms with Crippen molar-refractivity contribution in [1.82, 2.24) is 14.8 Å². The lowest BCUT2D eigenvalue weighted by Gasteiger charge is -2.36. The van der Waals surface area contributed by atoms with Crippen molar-refractivity contribution in [3.8, 4) is 11.3 Å². The topological polar surface area (TPSA) is 62.7 Å². The first-order valence-corrected chi connectivity index (χ1v) is 11.7. The van der Waals surface area contributed by atoms with E-state index in [2.05, 4.69) is 32.0 Å². The third-order valence-electron chi connectivity index (χ3n) is 6.69. The Hall–Kier alpha value is -3.25. The molecule has 0 N–H and O–H groups in total. The number of aryl methyl sites for hydroxylation is 2. The van der Waals surface area contributed by atoms with Gasteiger partial charge in [0.15, 0.2) is 0 Å². The SMILES string of the molecule is Cc1ccc(-c2cc(C(=O)N3CCN(C(=O)C4CCCO4)CC3)c3ccccc3n2)c(C)c1. The van der Waals surface area contributed by atoms with Crippen LogP contribution in [-0.4, -0.2) is 65.5 Å². The average Bonchev–Trinajstić information content (AvgIpc) is 3.38. The summed E-state index contributed by atoms with van der Waals surface area (Å²) in [6.45, 7) is 6.93. The van der Waals surface area contributed by atoms with Crippen molar-refractivity contribution < 1.29 is 14.3 Å². The Morgan fingerprint density at radius 3 is 2.45 bits per heavy atom. The first-order valence-electron chi connectivity index (χ1n) is 11.7. The summed E-state index contributed by atoms with van der Waals surface area (Å²) in [6.07, 6.45) is 1.42. The van der Waals surface area contributed by atoms with E-state index in [1.54, 1.807) is 0 Å². The Morgan fingerprint density at radius 1 is 0.970 bits per heavy atom. The van der Waals surface area contributed by atoms with Crippen LogP contribution in [0.2, 0.25) is 0 Å². The number of pyridine rings is 1. The second-order valence-corrected chi connectivity index (χ2v) is 9.01. The van der Waals surface area contributed by atoms with Crippen LogP contribution >= 0.6 is 0 Å². The number of fused-ring (bicyclic) bond motifs is 1. The summed E-state index contributed by atoms with van der Waals surface area (Å²) in [6, 6.07) is 16.0. The third-order valence-corrected chi connectivity index (χ3v) is 6.69. The molecule has 2 aliphatic rings. The fraction of sp³-hybridized carbons (Fsp3) is 0.370. The Balaban J connectivity index is 1.42. The van der Waals surface area contributed by atoms with Crippen molar-refractivity contribution >= 4 is 22.7 Å². The zero-order valence-corrected chi connectivity index (χ0v) is 19.2. The predicted octanol–water partition coefficient (Wildman–Crippen LogP) is 3.98. The standard InChI is InChI=1S/C27H29N3O3/c1-18-9-10-20(19(2)16-18)24-17-22(21-6-3-4-7-23(21)28-24)26(31)29-11-13-30(14-12-29)27(32)25-8-5-15-33-25/h3-4,6-7,9-10,16-17,25H,5,8,11-15H2,1-2H3. The maximum Gasteiger partial charge on any atom is 0.254 e. The van der Waals surface area contributed by atoms with Gasteiger partial charge in [-0.15, -0.1) is 0 Å². The lowest BCUT2D eigenvalue weighted by Crippen LogP contribution is -2.52. The number of hydrogen-bond acceptors (Lipinski definition) is 4. The highest BCUT2D eigenvalue weighted by atomic mass is 16.5. The largest absolute Gasteiger partial charge is 0.368 e. The van der Waals surface area contributed by atoms with Gasteiger partial charge in [0.2, 0.25) is 0 Å². The zero-order chi connectivity index (χ0) is 22.9. The summed E-state index contributed by atoms with van der Waals surface area (Å²) in [5.74, 6) is 0.0509. The van der Waals surface area contributed by atoms with Crippen LogP contribution in [0.4, 0.5) is 0 Å². The average molecular weight is 444 g/mol. The van der Waals surface area contributed by atoms with Gasteiger partial charge in [-0.05, 0) is 44.4 Å². The molecule has 1 aromatic heterocycles. The molecule has 2 aromatic carbocycles. The van der Waals surface area contributed by atoms with Crippen LogP contribution in [0.5, 0.6) is 0 Å². The molecular formula is C27H29N3O3. The van der Waals surface area contributed by atoms with E-state index in [0.29, 0.717) is 38.3 Å². The molecule has 1 atom stereocenters. The summed E-state index contributed by atoms with van der Waals surface area (Å²) in [4.78, 5) is 34.9. The second-order valence-electron chi connectivity index (χ2n) is 9.01. The molecular weight excluding hydrogens is 414 g/mol. The monoisotopic (exact) mass is 443 g/mol. The van der Waals surface area contributed by atoms with E-state index in [9.17, 15) is 9.59 Å². The highest BCUT2D eigenvalue weighted by Gasteiger charge is 2.32. The molecule has 33 heavy (non-hydrogen) atoms. The predicted molar refractivity (Wildman–Crippen MR) is 128 cm³/mol. The van der Waals surface area contributed by atoms with Crippen LogP contribution in [0.25, 0.3) is 22.2 Å². The molecule has 2 saturated heterocycles. The van der Waals surface area contributed by atoms with E-state index >= 15 is 0 Å². The minimum Gasteiger partial charge on any atom is -0.368 e. The van der Waals surface area contributed by atoms with Gasteiger partial charge in [-0.1, -0.05) is 42.0 Å². The summed E-state index contributed by atoms with van der Waals surface area (Å²) >= 11 is 0. The van der Waals surface area contributed by atoms with Crippen molar-refractivity contribution in [3.63, 3.8) is 0 Å². The van der Waals surface area contributed by atoms with Crippen molar-refractivity contribution in [2.24, 2.45) is 0 Å². The quantitative estimate of drug-likeness (QED) is 0.614. The molecule has 6 nitrogen and oxygen atoms in total. The van der Waals surface area contributed by atoms with Gasteiger partial charge in [0, 0.05) is 43.7 Å². The number of para-hydroxylation sites is 1. The highest BCUT2D eigenvalue weighted by molar-refractivity contribution is 6.07. The van der Waals surface area contributed by atoms with Crippen molar-refractivity contribution in [2.45, 2.75) is 32.8 Å². The summed E-state index contributed by atoms with van der Waals surface area (Å²) in [5.41, 5.74) is 5.65. The highest BCUT2D eigenvalue weighted by Crippen LogP contribution is 2.29. The minimum atomic E-state index is -0.309. The van der Waals surface area contributed by atoms with E-state index in [-0.39, 0.29) is 17.9 Å². The minimum absolute atomic E-state index is 0.0103. The molecule has 0 radical (unpaired) electrons. The molecule has 170 valence electrons. The molecule has 2 aliphatic heterocycles. The van der Waals surface area contributed by atoms with Crippen molar-refractivity contribution in [3.05, 3.63) is 65.2 Å². The van der Waals surface area contributed by atoms with E-state index in [1.165, 1.54) is 5.56 Å². The summed E-state index contributed by atoms with van der Waals surface area (Å²) in [7, 11) is 0. The summed E-state index contributed by atoms with van der Waals surface area (Å²) in [5, 5.41) is 0.855.